The highest BCUT2D eigenvalue weighted by Gasteiger charge is 2.62. The maximum atomic E-state index is 9.22. The van der Waals surface area contributed by atoms with Gasteiger partial charge in [-0.05, 0) is 5.56 Å². The second kappa shape index (κ2) is 3.37. The highest BCUT2D eigenvalue weighted by Crippen LogP contribution is 2.55. The fraction of sp³-hybridized carbons (Fsp3) is 0.500. The largest absolute Gasteiger partial charge is 0.396 e. The summed E-state index contributed by atoms with van der Waals surface area (Å²) >= 11 is 0. The Morgan fingerprint density at radius 1 is 1.36 bits per heavy atom. The quantitative estimate of drug-likeness (QED) is 0.788. The standard InChI is InChI=1S/C12H16O2/c1-12(9-6-4-3-5-7-9)10(8-13)11(12)14-2/h3-7,10-11,13H,8H2,1-2H3. The summed E-state index contributed by atoms with van der Waals surface area (Å²) < 4.78 is 5.37. The minimum atomic E-state index is 0.00472. The lowest BCUT2D eigenvalue weighted by molar-refractivity contribution is 0.144. The highest BCUT2D eigenvalue weighted by atomic mass is 16.5. The van der Waals surface area contributed by atoms with Crippen molar-refractivity contribution in [3.8, 4) is 0 Å². The molecular formula is C12H16O2. The van der Waals surface area contributed by atoms with Gasteiger partial charge in [0.2, 0.25) is 0 Å². The Bertz CT molecular complexity index is 297. The predicted molar refractivity (Wildman–Crippen MR) is 55.2 cm³/mol. The van der Waals surface area contributed by atoms with Gasteiger partial charge in [0.1, 0.15) is 0 Å². The topological polar surface area (TPSA) is 29.5 Å². The van der Waals surface area contributed by atoms with Gasteiger partial charge in [0.05, 0.1) is 6.10 Å². The van der Waals surface area contributed by atoms with E-state index in [2.05, 4.69) is 19.1 Å². The molecule has 14 heavy (non-hydrogen) atoms. The molecule has 1 aliphatic carbocycles. The Morgan fingerprint density at radius 2 is 2.00 bits per heavy atom. The van der Waals surface area contributed by atoms with Crippen molar-refractivity contribution in [2.24, 2.45) is 5.92 Å². The van der Waals surface area contributed by atoms with Crippen LogP contribution in [0.5, 0.6) is 0 Å². The summed E-state index contributed by atoms with van der Waals surface area (Å²) in [5, 5.41) is 9.22. The van der Waals surface area contributed by atoms with E-state index < -0.39 is 0 Å². The number of hydrogen-bond acceptors (Lipinski definition) is 2. The second-order valence-corrected chi connectivity index (χ2v) is 4.09. The van der Waals surface area contributed by atoms with E-state index in [4.69, 9.17) is 4.74 Å². The van der Waals surface area contributed by atoms with Crippen LogP contribution in [0, 0.1) is 5.92 Å². The van der Waals surface area contributed by atoms with Gasteiger partial charge in [-0.2, -0.15) is 0 Å². The number of methoxy groups -OCH3 is 1. The van der Waals surface area contributed by atoms with E-state index in [0.717, 1.165) is 0 Å². The lowest BCUT2D eigenvalue weighted by Gasteiger charge is -2.10. The maximum absolute atomic E-state index is 9.22. The lowest BCUT2D eigenvalue weighted by Crippen LogP contribution is -2.09. The van der Waals surface area contributed by atoms with Gasteiger partial charge in [-0.1, -0.05) is 37.3 Å². The smallest absolute Gasteiger partial charge is 0.0729 e. The van der Waals surface area contributed by atoms with Gasteiger partial charge in [-0.15, -0.1) is 0 Å². The number of hydrogen-bond donors (Lipinski definition) is 1. The van der Waals surface area contributed by atoms with Gasteiger partial charge in [0.25, 0.3) is 0 Å². The molecule has 1 N–H and O–H groups in total. The van der Waals surface area contributed by atoms with E-state index in [1.54, 1.807) is 7.11 Å². The average molecular weight is 192 g/mol. The summed E-state index contributed by atoms with van der Waals surface area (Å²) in [7, 11) is 1.71. The normalized spacial score (nSPS) is 35.6. The first-order chi connectivity index (χ1) is 6.75. The van der Waals surface area contributed by atoms with Crippen molar-refractivity contribution in [2.75, 3.05) is 13.7 Å². The molecule has 76 valence electrons. The van der Waals surface area contributed by atoms with Gasteiger partial charge >= 0.3 is 0 Å². The zero-order valence-electron chi connectivity index (χ0n) is 8.60. The van der Waals surface area contributed by atoms with Crippen molar-refractivity contribution in [3.63, 3.8) is 0 Å². The summed E-state index contributed by atoms with van der Waals surface area (Å²) in [5.41, 5.74) is 1.26. The Hall–Kier alpha value is -0.860. The van der Waals surface area contributed by atoms with Crippen LogP contribution in [-0.4, -0.2) is 24.9 Å². The SMILES string of the molecule is COC1C(CO)C1(C)c1ccccc1. The minimum absolute atomic E-state index is 0.00472. The maximum Gasteiger partial charge on any atom is 0.0729 e. The molecule has 2 rings (SSSR count). The zero-order chi connectivity index (χ0) is 10.2. The van der Waals surface area contributed by atoms with Crippen molar-refractivity contribution in [3.05, 3.63) is 35.9 Å². The van der Waals surface area contributed by atoms with Crippen LogP contribution in [-0.2, 0) is 10.2 Å². The molecule has 3 atom stereocenters. The number of ether oxygens (including phenoxy) is 1. The van der Waals surface area contributed by atoms with E-state index in [-0.39, 0.29) is 24.0 Å². The van der Waals surface area contributed by atoms with Gasteiger partial charge < -0.3 is 9.84 Å². The van der Waals surface area contributed by atoms with Crippen LogP contribution < -0.4 is 0 Å². The number of aliphatic hydroxyl groups excluding tert-OH is 1. The van der Waals surface area contributed by atoms with Crippen LogP contribution in [0.2, 0.25) is 0 Å². The second-order valence-electron chi connectivity index (χ2n) is 4.09. The van der Waals surface area contributed by atoms with E-state index in [1.165, 1.54) is 5.56 Å². The van der Waals surface area contributed by atoms with E-state index in [1.807, 2.05) is 18.2 Å². The van der Waals surface area contributed by atoms with E-state index in [9.17, 15) is 5.11 Å². The molecule has 0 heterocycles. The number of aliphatic hydroxyl groups is 1. The summed E-state index contributed by atoms with van der Waals surface area (Å²) in [6.45, 7) is 2.35. The third-order valence-corrected chi connectivity index (χ3v) is 3.46. The summed E-state index contributed by atoms with van der Waals surface area (Å²) in [4.78, 5) is 0. The summed E-state index contributed by atoms with van der Waals surface area (Å²) in [6, 6.07) is 10.3. The average Bonchev–Trinajstić information content (AvgIpc) is 2.85. The number of rotatable bonds is 3. The number of benzene rings is 1. The molecule has 0 radical (unpaired) electrons. The molecule has 1 aromatic rings. The van der Waals surface area contributed by atoms with Crippen LogP contribution in [0.3, 0.4) is 0 Å². The van der Waals surface area contributed by atoms with Crippen molar-refractivity contribution in [2.45, 2.75) is 18.4 Å². The molecule has 0 aromatic heterocycles. The van der Waals surface area contributed by atoms with Crippen molar-refractivity contribution >= 4 is 0 Å². The zero-order valence-corrected chi connectivity index (χ0v) is 8.60. The van der Waals surface area contributed by atoms with Gasteiger partial charge in [-0.3, -0.25) is 0 Å². The molecule has 0 spiro atoms. The van der Waals surface area contributed by atoms with Crippen molar-refractivity contribution in [1.82, 2.24) is 0 Å². The molecular weight excluding hydrogens is 176 g/mol. The third-order valence-electron chi connectivity index (χ3n) is 3.46. The van der Waals surface area contributed by atoms with E-state index in [0.29, 0.717) is 0 Å². The van der Waals surface area contributed by atoms with Crippen LogP contribution in [0.1, 0.15) is 12.5 Å². The van der Waals surface area contributed by atoms with Crippen LogP contribution in [0.4, 0.5) is 0 Å². The van der Waals surface area contributed by atoms with Crippen LogP contribution >= 0.6 is 0 Å². The highest BCUT2D eigenvalue weighted by molar-refractivity contribution is 5.36. The van der Waals surface area contributed by atoms with Crippen LogP contribution in [0.25, 0.3) is 0 Å². The molecule has 1 saturated carbocycles. The molecule has 2 heteroatoms. The fourth-order valence-corrected chi connectivity index (χ4v) is 2.43. The van der Waals surface area contributed by atoms with Gasteiger partial charge in [-0.25, -0.2) is 0 Å². The Labute approximate surface area is 84.5 Å². The third kappa shape index (κ3) is 1.18. The summed E-state index contributed by atoms with van der Waals surface area (Å²) in [5.74, 6) is 0.245. The molecule has 1 aromatic carbocycles. The minimum Gasteiger partial charge on any atom is -0.396 e. The van der Waals surface area contributed by atoms with Crippen molar-refractivity contribution in [1.29, 1.82) is 0 Å². The summed E-state index contributed by atoms with van der Waals surface area (Å²) in [6.07, 6.45) is 0.162. The van der Waals surface area contributed by atoms with Gasteiger partial charge in [0, 0.05) is 25.0 Å². The predicted octanol–water partition coefficient (Wildman–Crippen LogP) is 1.58. The molecule has 0 saturated heterocycles. The first-order valence-corrected chi connectivity index (χ1v) is 4.94. The molecule has 2 nitrogen and oxygen atoms in total. The van der Waals surface area contributed by atoms with Gasteiger partial charge in [0.15, 0.2) is 0 Å². The van der Waals surface area contributed by atoms with E-state index >= 15 is 0 Å². The Morgan fingerprint density at radius 3 is 2.43 bits per heavy atom. The molecule has 3 unspecified atom stereocenters. The molecule has 1 aliphatic rings. The first-order valence-electron chi connectivity index (χ1n) is 4.94. The molecule has 0 bridgehead atoms. The van der Waals surface area contributed by atoms with Crippen molar-refractivity contribution < 1.29 is 9.84 Å². The fourth-order valence-electron chi connectivity index (χ4n) is 2.43. The monoisotopic (exact) mass is 192 g/mol. The lowest BCUT2D eigenvalue weighted by atomic mass is 9.95. The van der Waals surface area contributed by atoms with Crippen LogP contribution in [0.15, 0.2) is 30.3 Å². The molecule has 0 aliphatic heterocycles. The molecule has 0 amide bonds. The molecule has 1 fully saturated rings. The Balaban J connectivity index is 2.27. The first kappa shape index (κ1) is 9.69. The Kier molecular flexibility index (Phi) is 2.33.